The number of rotatable bonds is 4. The smallest absolute Gasteiger partial charge is 0.411 e. The van der Waals surface area contributed by atoms with E-state index in [0.717, 1.165) is 12.4 Å². The Bertz CT molecular complexity index is 380. The fourth-order valence-corrected chi connectivity index (χ4v) is 0.909. The summed E-state index contributed by atoms with van der Waals surface area (Å²) < 4.78 is 51.8. The molecule has 0 unspecified atom stereocenters. The highest BCUT2D eigenvalue weighted by atomic mass is 19.3. The van der Waals surface area contributed by atoms with E-state index in [4.69, 9.17) is 5.11 Å². The Morgan fingerprint density at radius 3 is 2.06 bits per heavy atom. The lowest BCUT2D eigenvalue weighted by molar-refractivity contribution is -0.650. The summed E-state index contributed by atoms with van der Waals surface area (Å²) in [4.78, 5) is 10.00. The molecule has 0 aliphatic carbocycles. The Labute approximate surface area is 87.9 Å². The number of hydrogen-bond donors (Lipinski definition) is 1. The Morgan fingerprint density at radius 1 is 1.12 bits per heavy atom. The van der Waals surface area contributed by atoms with Crippen molar-refractivity contribution in [1.82, 2.24) is 0 Å². The minimum atomic E-state index is -5.14. The maximum absolute atomic E-state index is 12.9. The van der Waals surface area contributed by atoms with Crippen LogP contribution in [0.25, 0.3) is 0 Å². The van der Waals surface area contributed by atoms with E-state index in [1.165, 1.54) is 18.2 Å². The van der Waals surface area contributed by atoms with Gasteiger partial charge in [0.25, 0.3) is 6.54 Å². The van der Waals surface area contributed by atoms with Gasteiger partial charge < -0.3 is 5.11 Å². The molecule has 1 aromatic heterocycles. The molecule has 0 bridgehead atoms. The van der Waals surface area contributed by atoms with Crippen molar-refractivity contribution in [3.05, 3.63) is 37.1 Å². The maximum Gasteiger partial charge on any atom is 0.411 e. The van der Waals surface area contributed by atoms with Crippen LogP contribution in [0.4, 0.5) is 17.6 Å². The number of carboxylic acids is 1. The van der Waals surface area contributed by atoms with E-state index in [1.807, 2.05) is 0 Å². The molecule has 87 valence electrons. The average molecular weight is 237 g/mol. The third-order valence-corrected chi connectivity index (χ3v) is 1.74. The molecule has 0 saturated carbocycles. The van der Waals surface area contributed by atoms with Gasteiger partial charge in [-0.15, -0.1) is 0 Å². The minimum absolute atomic E-state index is 0.152. The zero-order valence-electron chi connectivity index (χ0n) is 7.78. The van der Waals surface area contributed by atoms with Gasteiger partial charge in [-0.05, 0) is 0 Å². The van der Waals surface area contributed by atoms with E-state index in [-0.39, 0.29) is 6.54 Å². The Balaban J connectivity index is 2.92. The van der Waals surface area contributed by atoms with Gasteiger partial charge in [0.2, 0.25) is 0 Å². The van der Waals surface area contributed by atoms with Crippen LogP contribution < -0.4 is 4.57 Å². The summed E-state index contributed by atoms with van der Waals surface area (Å²) in [5, 5.41) is 8.00. The van der Waals surface area contributed by atoms with Crippen molar-refractivity contribution in [2.75, 3.05) is 0 Å². The van der Waals surface area contributed by atoms with Crippen LogP contribution in [-0.4, -0.2) is 22.9 Å². The first-order chi connectivity index (χ1) is 7.27. The predicted octanol–water partition coefficient (Wildman–Crippen LogP) is 1.34. The standard InChI is InChI=1S/C9H7F4NO2/c10-8(11,9(12,13)7(15)16)6-14-4-2-1-3-5-14/h1-6H,(H,15,16)/q+1. The zero-order valence-corrected chi connectivity index (χ0v) is 7.78. The van der Waals surface area contributed by atoms with Crippen molar-refractivity contribution in [2.45, 2.75) is 11.8 Å². The number of carbonyl (C=O) groups is 1. The number of carboxylic acid groups (broad SMARTS) is 1. The fraction of sp³-hybridized carbons (Fsp3) is 0.222. The van der Waals surface area contributed by atoms with Crippen molar-refractivity contribution >= 4 is 5.97 Å². The van der Waals surface area contributed by atoms with Crippen LogP contribution in [0.3, 0.4) is 0 Å². The molecular weight excluding hydrogens is 230 g/mol. The predicted molar refractivity (Wildman–Crippen MR) is 43.9 cm³/mol. The van der Waals surface area contributed by atoms with Crippen LogP contribution in [0.2, 0.25) is 0 Å². The third-order valence-electron chi connectivity index (χ3n) is 1.74. The highest BCUT2D eigenvalue weighted by molar-refractivity contribution is 5.76. The van der Waals surface area contributed by atoms with Gasteiger partial charge >= 0.3 is 17.8 Å². The molecule has 1 heterocycles. The van der Waals surface area contributed by atoms with Gasteiger partial charge in [-0.1, -0.05) is 6.07 Å². The lowest BCUT2D eigenvalue weighted by atomic mass is 10.1. The van der Waals surface area contributed by atoms with Crippen molar-refractivity contribution in [3.8, 4) is 0 Å². The quantitative estimate of drug-likeness (QED) is 0.634. The van der Waals surface area contributed by atoms with Crippen molar-refractivity contribution < 1.29 is 32.0 Å². The zero-order chi connectivity index (χ0) is 12.4. The molecular formula is C9H7F4NO2+. The third kappa shape index (κ3) is 2.29. The van der Waals surface area contributed by atoms with E-state index >= 15 is 0 Å². The first kappa shape index (κ1) is 12.4. The molecule has 16 heavy (non-hydrogen) atoms. The summed E-state index contributed by atoms with van der Waals surface area (Å²) in [6.07, 6.45) is 2.18. The highest BCUT2D eigenvalue weighted by Gasteiger charge is 2.65. The summed E-state index contributed by atoms with van der Waals surface area (Å²) in [5.74, 6) is -12.8. The first-order valence-electron chi connectivity index (χ1n) is 4.08. The molecule has 1 aromatic rings. The number of pyridine rings is 1. The molecule has 0 amide bonds. The number of alkyl halides is 4. The normalized spacial score (nSPS) is 12.5. The highest BCUT2D eigenvalue weighted by Crippen LogP contribution is 2.35. The first-order valence-corrected chi connectivity index (χ1v) is 4.08. The molecule has 0 fully saturated rings. The van der Waals surface area contributed by atoms with Gasteiger partial charge in [0.15, 0.2) is 12.4 Å². The molecule has 1 N–H and O–H groups in total. The average Bonchev–Trinajstić information content (AvgIpc) is 2.18. The second-order valence-electron chi connectivity index (χ2n) is 2.95. The second-order valence-corrected chi connectivity index (χ2v) is 2.95. The molecule has 1 radical (unpaired) electrons. The second kappa shape index (κ2) is 4.07. The number of hydrogen-bond acceptors (Lipinski definition) is 1. The molecule has 0 aromatic carbocycles. The van der Waals surface area contributed by atoms with Gasteiger partial charge in [-0.25, -0.2) is 4.79 Å². The van der Waals surface area contributed by atoms with Gasteiger partial charge in [0.05, 0.1) is 0 Å². The SMILES string of the molecule is O=C(O)C(F)(F)C(F)(F)[CH][n+]1ccccc1. The number of halogens is 4. The van der Waals surface area contributed by atoms with Crippen molar-refractivity contribution in [3.63, 3.8) is 0 Å². The van der Waals surface area contributed by atoms with E-state index in [0.29, 0.717) is 4.57 Å². The lowest BCUT2D eigenvalue weighted by Gasteiger charge is -2.18. The van der Waals surface area contributed by atoms with E-state index in [2.05, 4.69) is 0 Å². The molecule has 0 aliphatic rings. The molecule has 0 atom stereocenters. The van der Waals surface area contributed by atoms with E-state index < -0.39 is 17.8 Å². The van der Waals surface area contributed by atoms with Crippen molar-refractivity contribution in [2.24, 2.45) is 0 Å². The summed E-state index contributed by atoms with van der Waals surface area (Å²) in [7, 11) is 0. The Hall–Kier alpha value is -1.66. The van der Waals surface area contributed by atoms with Gasteiger partial charge in [0, 0.05) is 12.1 Å². The number of aliphatic carboxylic acids is 1. The monoisotopic (exact) mass is 237 g/mol. The maximum atomic E-state index is 12.9. The largest absolute Gasteiger partial charge is 0.477 e. The van der Waals surface area contributed by atoms with Crippen LogP contribution in [0.5, 0.6) is 0 Å². The van der Waals surface area contributed by atoms with Gasteiger partial charge in [-0.3, -0.25) is 0 Å². The van der Waals surface area contributed by atoms with E-state index in [1.54, 1.807) is 0 Å². The number of nitrogens with zero attached hydrogens (tertiary/aromatic N) is 1. The van der Waals surface area contributed by atoms with Crippen LogP contribution in [0.15, 0.2) is 30.6 Å². The Morgan fingerprint density at radius 2 is 1.62 bits per heavy atom. The molecule has 0 saturated heterocycles. The molecule has 1 rings (SSSR count). The fourth-order valence-electron chi connectivity index (χ4n) is 0.909. The molecule has 7 heteroatoms. The minimum Gasteiger partial charge on any atom is -0.477 e. The summed E-state index contributed by atoms with van der Waals surface area (Å²) in [6, 6.07) is 4.18. The van der Waals surface area contributed by atoms with Crippen molar-refractivity contribution in [1.29, 1.82) is 0 Å². The topological polar surface area (TPSA) is 41.2 Å². The molecule has 0 aliphatic heterocycles. The van der Waals surface area contributed by atoms with Gasteiger partial charge in [0.1, 0.15) is 0 Å². The summed E-state index contributed by atoms with van der Waals surface area (Å²) >= 11 is 0. The van der Waals surface area contributed by atoms with Crippen LogP contribution >= 0.6 is 0 Å². The van der Waals surface area contributed by atoms with Gasteiger partial charge in [-0.2, -0.15) is 22.1 Å². The lowest BCUT2D eigenvalue weighted by Crippen LogP contribution is -2.54. The Kier molecular flexibility index (Phi) is 3.16. The molecule has 3 nitrogen and oxygen atoms in total. The number of aromatic nitrogens is 1. The van der Waals surface area contributed by atoms with Crippen LogP contribution in [0.1, 0.15) is 0 Å². The molecule has 0 spiro atoms. The van der Waals surface area contributed by atoms with E-state index in [9.17, 15) is 22.4 Å². The summed E-state index contributed by atoms with van der Waals surface area (Å²) in [6.45, 7) is -0.152. The van der Waals surface area contributed by atoms with Crippen LogP contribution in [-0.2, 0) is 4.79 Å². The summed E-state index contributed by atoms with van der Waals surface area (Å²) in [5.41, 5.74) is 0. The van der Waals surface area contributed by atoms with Crippen LogP contribution in [0, 0.1) is 6.54 Å².